The molecule has 1 aromatic rings. The highest BCUT2D eigenvalue weighted by atomic mass is 19.1. The molecule has 0 fully saturated rings. The van der Waals surface area contributed by atoms with Crippen molar-refractivity contribution in [3.63, 3.8) is 0 Å². The van der Waals surface area contributed by atoms with Crippen molar-refractivity contribution in [2.24, 2.45) is 5.92 Å². The zero-order valence-electron chi connectivity index (χ0n) is 11.5. The molecule has 0 aliphatic carbocycles. The molecular weight excluding hydrogens is 231 g/mol. The van der Waals surface area contributed by atoms with Crippen molar-refractivity contribution in [1.29, 1.82) is 0 Å². The molecule has 0 bridgehead atoms. The van der Waals surface area contributed by atoms with E-state index in [0.717, 1.165) is 5.56 Å². The van der Waals surface area contributed by atoms with Crippen LogP contribution in [0.25, 0.3) is 0 Å². The zero-order valence-corrected chi connectivity index (χ0v) is 11.5. The van der Waals surface area contributed by atoms with Crippen molar-refractivity contribution in [2.75, 3.05) is 0 Å². The maximum absolute atomic E-state index is 13.9. The maximum Gasteiger partial charge on any atom is 0.194 e. The van der Waals surface area contributed by atoms with E-state index in [1.165, 1.54) is 6.07 Å². The molecule has 100 valence electrons. The average molecular weight is 252 g/mol. The predicted octanol–water partition coefficient (Wildman–Crippen LogP) is 3.42. The number of Topliss-reactive ketones (excluding diaryl/α,β-unsaturated/α-hetero) is 1. The summed E-state index contributed by atoms with van der Waals surface area (Å²) >= 11 is 0. The van der Waals surface area contributed by atoms with Crippen LogP contribution in [0, 0.1) is 25.6 Å². The average Bonchev–Trinajstić information content (AvgIpc) is 2.28. The number of benzene rings is 1. The Morgan fingerprint density at radius 1 is 1.28 bits per heavy atom. The minimum atomic E-state index is -1.11. The van der Waals surface area contributed by atoms with Gasteiger partial charge in [0.1, 0.15) is 11.9 Å². The van der Waals surface area contributed by atoms with Crippen molar-refractivity contribution in [2.45, 2.75) is 46.6 Å². The van der Waals surface area contributed by atoms with Crippen molar-refractivity contribution < 1.29 is 14.3 Å². The van der Waals surface area contributed by atoms with E-state index in [-0.39, 0.29) is 11.5 Å². The van der Waals surface area contributed by atoms with Gasteiger partial charge in [0.15, 0.2) is 5.78 Å². The van der Waals surface area contributed by atoms with Gasteiger partial charge in [-0.25, -0.2) is 4.39 Å². The summed E-state index contributed by atoms with van der Waals surface area (Å²) in [6.45, 7) is 7.32. The standard InChI is InChI=1S/C15H21FO2/c1-5-11(6-2)14(17)15(18)13-10(4)7-9(3)8-12(13)16/h7-8,11,14,17H,5-6H2,1-4H3. The van der Waals surface area contributed by atoms with E-state index in [9.17, 15) is 14.3 Å². The third kappa shape index (κ3) is 2.96. The Morgan fingerprint density at radius 2 is 1.83 bits per heavy atom. The van der Waals surface area contributed by atoms with Gasteiger partial charge in [0, 0.05) is 0 Å². The van der Waals surface area contributed by atoms with Gasteiger partial charge in [-0.15, -0.1) is 0 Å². The lowest BCUT2D eigenvalue weighted by atomic mass is 9.89. The summed E-state index contributed by atoms with van der Waals surface area (Å²) in [7, 11) is 0. The molecule has 1 aromatic carbocycles. The highest BCUT2D eigenvalue weighted by Gasteiger charge is 2.27. The van der Waals surface area contributed by atoms with Gasteiger partial charge in [-0.05, 0) is 37.0 Å². The predicted molar refractivity (Wildman–Crippen MR) is 70.3 cm³/mol. The molecule has 0 saturated heterocycles. The summed E-state index contributed by atoms with van der Waals surface area (Å²) in [6, 6.07) is 3.09. The third-order valence-corrected chi connectivity index (χ3v) is 3.44. The van der Waals surface area contributed by atoms with Crippen LogP contribution in [-0.2, 0) is 0 Å². The molecule has 1 atom stereocenters. The normalized spacial score (nSPS) is 12.8. The van der Waals surface area contributed by atoms with Crippen molar-refractivity contribution in [3.8, 4) is 0 Å². The molecular formula is C15H21FO2. The molecule has 0 aliphatic heterocycles. The number of aliphatic hydroxyl groups is 1. The minimum Gasteiger partial charge on any atom is -0.385 e. The lowest BCUT2D eigenvalue weighted by Gasteiger charge is -2.20. The number of rotatable bonds is 5. The Bertz CT molecular complexity index is 413. The molecule has 0 saturated carbocycles. The molecule has 0 aliphatic rings. The lowest BCUT2D eigenvalue weighted by molar-refractivity contribution is 0.0583. The molecule has 1 rings (SSSR count). The van der Waals surface area contributed by atoms with Crippen LogP contribution in [0.4, 0.5) is 4.39 Å². The summed E-state index contributed by atoms with van der Waals surface area (Å²) in [5.41, 5.74) is 1.39. The second-order valence-electron chi connectivity index (χ2n) is 4.82. The largest absolute Gasteiger partial charge is 0.385 e. The second kappa shape index (κ2) is 6.10. The number of halogens is 1. The Labute approximate surface area is 108 Å². The zero-order chi connectivity index (χ0) is 13.9. The smallest absolute Gasteiger partial charge is 0.194 e. The fourth-order valence-corrected chi connectivity index (χ4v) is 2.32. The van der Waals surface area contributed by atoms with Crippen molar-refractivity contribution in [1.82, 2.24) is 0 Å². The maximum atomic E-state index is 13.9. The number of aliphatic hydroxyl groups excluding tert-OH is 1. The quantitative estimate of drug-likeness (QED) is 0.815. The van der Waals surface area contributed by atoms with Crippen LogP contribution < -0.4 is 0 Å². The topological polar surface area (TPSA) is 37.3 Å². The van der Waals surface area contributed by atoms with Gasteiger partial charge in [0.05, 0.1) is 5.56 Å². The Kier molecular flexibility index (Phi) is 5.03. The highest BCUT2D eigenvalue weighted by Crippen LogP contribution is 2.22. The molecule has 1 N–H and O–H groups in total. The molecule has 0 amide bonds. The van der Waals surface area contributed by atoms with Crippen LogP contribution in [0.2, 0.25) is 0 Å². The van der Waals surface area contributed by atoms with E-state index in [0.29, 0.717) is 18.4 Å². The van der Waals surface area contributed by atoms with E-state index in [1.807, 2.05) is 13.8 Å². The summed E-state index contributed by atoms with van der Waals surface area (Å²) in [6.07, 6.45) is 0.294. The van der Waals surface area contributed by atoms with Gasteiger partial charge in [-0.3, -0.25) is 4.79 Å². The summed E-state index contributed by atoms with van der Waals surface area (Å²) in [5.74, 6) is -1.15. The molecule has 0 radical (unpaired) electrons. The Morgan fingerprint density at radius 3 is 2.28 bits per heavy atom. The van der Waals surface area contributed by atoms with E-state index in [4.69, 9.17) is 0 Å². The molecule has 0 spiro atoms. The van der Waals surface area contributed by atoms with Crippen LogP contribution in [-0.4, -0.2) is 17.0 Å². The molecule has 3 heteroatoms. The first kappa shape index (κ1) is 14.8. The van der Waals surface area contributed by atoms with Gasteiger partial charge >= 0.3 is 0 Å². The van der Waals surface area contributed by atoms with Crippen molar-refractivity contribution >= 4 is 5.78 Å². The van der Waals surface area contributed by atoms with Crippen LogP contribution >= 0.6 is 0 Å². The minimum absolute atomic E-state index is 0.0278. The molecule has 2 nitrogen and oxygen atoms in total. The van der Waals surface area contributed by atoms with Gasteiger partial charge in [-0.2, -0.15) is 0 Å². The molecule has 0 aromatic heterocycles. The van der Waals surface area contributed by atoms with E-state index < -0.39 is 17.7 Å². The molecule has 18 heavy (non-hydrogen) atoms. The molecule has 1 unspecified atom stereocenters. The van der Waals surface area contributed by atoms with E-state index in [2.05, 4.69) is 0 Å². The first-order valence-corrected chi connectivity index (χ1v) is 6.41. The van der Waals surface area contributed by atoms with Gasteiger partial charge in [0.2, 0.25) is 0 Å². The Hall–Kier alpha value is -1.22. The number of carbonyl (C=O) groups excluding carboxylic acids is 1. The van der Waals surface area contributed by atoms with Crippen molar-refractivity contribution in [3.05, 3.63) is 34.6 Å². The number of carbonyl (C=O) groups is 1. The van der Waals surface area contributed by atoms with E-state index >= 15 is 0 Å². The second-order valence-corrected chi connectivity index (χ2v) is 4.82. The monoisotopic (exact) mass is 252 g/mol. The SMILES string of the molecule is CCC(CC)C(O)C(=O)c1c(C)cc(C)cc1F. The number of hydrogen-bond donors (Lipinski definition) is 1. The summed E-state index contributed by atoms with van der Waals surface area (Å²) in [4.78, 5) is 12.2. The summed E-state index contributed by atoms with van der Waals surface area (Å²) in [5, 5.41) is 10.0. The number of hydrogen-bond acceptors (Lipinski definition) is 2. The fraction of sp³-hybridized carbons (Fsp3) is 0.533. The third-order valence-electron chi connectivity index (χ3n) is 3.44. The van der Waals surface area contributed by atoms with Gasteiger partial charge < -0.3 is 5.11 Å². The van der Waals surface area contributed by atoms with Crippen LogP contribution in [0.15, 0.2) is 12.1 Å². The first-order valence-electron chi connectivity index (χ1n) is 6.41. The Balaban J connectivity index is 3.11. The van der Waals surface area contributed by atoms with Gasteiger partial charge in [-0.1, -0.05) is 32.8 Å². The van der Waals surface area contributed by atoms with Crippen LogP contribution in [0.5, 0.6) is 0 Å². The van der Waals surface area contributed by atoms with Crippen LogP contribution in [0.1, 0.15) is 48.2 Å². The van der Waals surface area contributed by atoms with Gasteiger partial charge in [0.25, 0.3) is 0 Å². The number of aryl methyl sites for hydroxylation is 2. The molecule has 0 heterocycles. The number of ketones is 1. The first-order chi connectivity index (χ1) is 8.42. The highest BCUT2D eigenvalue weighted by molar-refractivity contribution is 6.01. The fourth-order valence-electron chi connectivity index (χ4n) is 2.32. The summed E-state index contributed by atoms with van der Waals surface area (Å²) < 4.78 is 13.9. The van der Waals surface area contributed by atoms with E-state index in [1.54, 1.807) is 19.9 Å². The van der Waals surface area contributed by atoms with Crippen LogP contribution in [0.3, 0.4) is 0 Å². The lowest BCUT2D eigenvalue weighted by Crippen LogP contribution is -2.30.